The average molecular weight is 346 g/mol. The molecule has 118 valence electrons. The van der Waals surface area contributed by atoms with Crippen LogP contribution in [0.2, 0.25) is 0 Å². The van der Waals surface area contributed by atoms with Crippen molar-refractivity contribution in [1.82, 2.24) is 4.98 Å². The smallest absolute Gasteiger partial charge is 0.257 e. The number of carbonyl (C=O) groups excluding carboxylic acids is 1. The number of methoxy groups -OCH3 is 1. The van der Waals surface area contributed by atoms with Gasteiger partial charge < -0.3 is 4.74 Å². The van der Waals surface area contributed by atoms with E-state index in [1.165, 1.54) is 11.3 Å². The van der Waals surface area contributed by atoms with Crippen LogP contribution in [-0.2, 0) is 10.8 Å². The summed E-state index contributed by atoms with van der Waals surface area (Å²) in [5.41, 5.74) is 1.22. The number of carbonyl (C=O) groups is 1. The predicted octanol–water partition coefficient (Wildman–Crippen LogP) is 3.29. The van der Waals surface area contributed by atoms with Crippen LogP contribution in [0, 0.1) is 0 Å². The Kier molecular flexibility index (Phi) is 4.40. The van der Waals surface area contributed by atoms with Gasteiger partial charge in [0.15, 0.2) is 5.13 Å². The number of nitrogens with one attached hydrogen (secondary N) is 1. The van der Waals surface area contributed by atoms with Crippen molar-refractivity contribution in [2.45, 2.75) is 4.90 Å². The van der Waals surface area contributed by atoms with Crippen LogP contribution in [0.1, 0.15) is 10.4 Å². The van der Waals surface area contributed by atoms with Crippen molar-refractivity contribution >= 4 is 43.4 Å². The molecular formula is C16H14N2O3S2. The molecule has 0 aliphatic rings. The average Bonchev–Trinajstić information content (AvgIpc) is 2.97. The van der Waals surface area contributed by atoms with E-state index in [0.717, 1.165) is 10.2 Å². The summed E-state index contributed by atoms with van der Waals surface area (Å²) in [5.74, 6) is 0.422. The number of para-hydroxylation sites is 1. The fourth-order valence-corrected chi connectivity index (χ4v) is 3.51. The molecule has 1 unspecified atom stereocenters. The van der Waals surface area contributed by atoms with Gasteiger partial charge in [0, 0.05) is 27.5 Å². The van der Waals surface area contributed by atoms with Crippen molar-refractivity contribution in [2.75, 3.05) is 18.7 Å². The van der Waals surface area contributed by atoms with Gasteiger partial charge in [-0.15, -0.1) is 0 Å². The van der Waals surface area contributed by atoms with Gasteiger partial charge in [-0.25, -0.2) is 4.98 Å². The van der Waals surface area contributed by atoms with Gasteiger partial charge in [-0.05, 0) is 36.4 Å². The van der Waals surface area contributed by atoms with Gasteiger partial charge in [0.1, 0.15) is 11.3 Å². The SMILES string of the molecule is COc1cccc2sc(NC(=O)c3ccc(S(C)=O)cc3)nc12. The number of ether oxygens (including phenoxy) is 1. The molecule has 3 aromatic rings. The molecule has 0 bridgehead atoms. The second-order valence-electron chi connectivity index (χ2n) is 4.76. The van der Waals surface area contributed by atoms with Gasteiger partial charge >= 0.3 is 0 Å². The molecule has 0 saturated carbocycles. The van der Waals surface area contributed by atoms with Crippen LogP contribution in [-0.4, -0.2) is 28.5 Å². The summed E-state index contributed by atoms with van der Waals surface area (Å²) in [5, 5.41) is 3.30. The summed E-state index contributed by atoms with van der Waals surface area (Å²) in [7, 11) is 0.530. The van der Waals surface area contributed by atoms with E-state index >= 15 is 0 Å². The predicted molar refractivity (Wildman–Crippen MR) is 92.9 cm³/mol. The lowest BCUT2D eigenvalue weighted by atomic mass is 10.2. The molecule has 1 atom stereocenters. The second-order valence-corrected chi connectivity index (χ2v) is 7.17. The Labute approximate surface area is 139 Å². The number of hydrogen-bond acceptors (Lipinski definition) is 5. The minimum atomic E-state index is -1.06. The van der Waals surface area contributed by atoms with Crippen molar-refractivity contribution in [1.29, 1.82) is 0 Å². The number of benzene rings is 2. The maximum absolute atomic E-state index is 12.3. The van der Waals surface area contributed by atoms with Crippen LogP contribution in [0.25, 0.3) is 10.2 Å². The highest BCUT2D eigenvalue weighted by Gasteiger charge is 2.12. The van der Waals surface area contributed by atoms with E-state index in [9.17, 15) is 9.00 Å². The van der Waals surface area contributed by atoms with Crippen LogP contribution < -0.4 is 10.1 Å². The third-order valence-corrected chi connectivity index (χ3v) is 5.14. The molecule has 0 saturated heterocycles. The molecule has 0 spiro atoms. The summed E-state index contributed by atoms with van der Waals surface area (Å²) >= 11 is 1.39. The quantitative estimate of drug-likeness (QED) is 0.787. The van der Waals surface area contributed by atoms with E-state index in [0.29, 0.717) is 21.3 Å². The Balaban J connectivity index is 1.83. The lowest BCUT2D eigenvalue weighted by Gasteiger charge is -2.02. The van der Waals surface area contributed by atoms with E-state index in [1.807, 2.05) is 18.2 Å². The monoisotopic (exact) mass is 346 g/mol. The van der Waals surface area contributed by atoms with Crippen LogP contribution in [0.4, 0.5) is 5.13 Å². The molecule has 1 aromatic heterocycles. The molecule has 1 N–H and O–H groups in total. The number of fused-ring (bicyclic) bond motifs is 1. The van der Waals surface area contributed by atoms with Crippen LogP contribution >= 0.6 is 11.3 Å². The summed E-state index contributed by atoms with van der Waals surface area (Å²) in [4.78, 5) is 17.4. The zero-order valence-corrected chi connectivity index (χ0v) is 14.2. The standard InChI is InChI=1S/C16H14N2O3S2/c1-21-12-4-3-5-13-14(12)17-16(22-13)18-15(19)10-6-8-11(9-7-10)23(2)20/h3-9H,1-2H3,(H,17,18,19). The third kappa shape index (κ3) is 3.25. The molecule has 0 aliphatic heterocycles. The summed E-state index contributed by atoms with van der Waals surface area (Å²) < 4.78 is 17.6. The Morgan fingerprint density at radius 2 is 1.96 bits per heavy atom. The Morgan fingerprint density at radius 1 is 1.22 bits per heavy atom. The zero-order chi connectivity index (χ0) is 16.4. The highest BCUT2D eigenvalue weighted by molar-refractivity contribution is 7.84. The van der Waals surface area contributed by atoms with Crippen molar-refractivity contribution in [3.05, 3.63) is 48.0 Å². The molecule has 2 aromatic carbocycles. The van der Waals surface area contributed by atoms with E-state index in [-0.39, 0.29) is 5.91 Å². The fourth-order valence-electron chi connectivity index (χ4n) is 2.11. The molecule has 1 heterocycles. The van der Waals surface area contributed by atoms with Crippen LogP contribution in [0.15, 0.2) is 47.4 Å². The second kappa shape index (κ2) is 6.47. The number of anilines is 1. The summed E-state index contributed by atoms with van der Waals surface area (Å²) in [6, 6.07) is 12.3. The van der Waals surface area contributed by atoms with Crippen molar-refractivity contribution in [3.63, 3.8) is 0 Å². The third-order valence-electron chi connectivity index (χ3n) is 3.27. The van der Waals surface area contributed by atoms with Crippen molar-refractivity contribution in [2.24, 2.45) is 0 Å². The molecule has 0 aliphatic carbocycles. The number of amides is 1. The number of rotatable bonds is 4. The topological polar surface area (TPSA) is 68.3 Å². The van der Waals surface area contributed by atoms with Crippen molar-refractivity contribution in [3.8, 4) is 5.75 Å². The van der Waals surface area contributed by atoms with Gasteiger partial charge in [0.05, 0.1) is 11.8 Å². The fraction of sp³-hybridized carbons (Fsp3) is 0.125. The molecular weight excluding hydrogens is 332 g/mol. The maximum atomic E-state index is 12.3. The molecule has 0 radical (unpaired) electrons. The van der Waals surface area contributed by atoms with E-state index in [1.54, 1.807) is 37.6 Å². The molecule has 3 rings (SSSR count). The molecule has 5 nitrogen and oxygen atoms in total. The van der Waals surface area contributed by atoms with Gasteiger partial charge in [0.25, 0.3) is 5.91 Å². The first-order valence-electron chi connectivity index (χ1n) is 6.77. The first-order valence-corrected chi connectivity index (χ1v) is 9.14. The Bertz CT molecular complexity index is 888. The number of thiazole rings is 1. The van der Waals surface area contributed by atoms with E-state index < -0.39 is 10.8 Å². The summed E-state index contributed by atoms with van der Waals surface area (Å²) in [6.45, 7) is 0. The first kappa shape index (κ1) is 15.6. The zero-order valence-electron chi connectivity index (χ0n) is 12.5. The van der Waals surface area contributed by atoms with Gasteiger partial charge in [-0.3, -0.25) is 14.3 Å². The number of nitrogens with zero attached hydrogens (tertiary/aromatic N) is 1. The van der Waals surface area contributed by atoms with E-state index in [4.69, 9.17) is 4.74 Å². The van der Waals surface area contributed by atoms with Gasteiger partial charge in [-0.2, -0.15) is 0 Å². The molecule has 7 heteroatoms. The van der Waals surface area contributed by atoms with Crippen LogP contribution in [0.3, 0.4) is 0 Å². The van der Waals surface area contributed by atoms with Gasteiger partial charge in [0.2, 0.25) is 0 Å². The molecule has 0 fully saturated rings. The maximum Gasteiger partial charge on any atom is 0.257 e. The minimum Gasteiger partial charge on any atom is -0.494 e. The lowest BCUT2D eigenvalue weighted by molar-refractivity contribution is 0.102. The number of hydrogen-bond donors (Lipinski definition) is 1. The minimum absolute atomic E-state index is 0.253. The van der Waals surface area contributed by atoms with Crippen LogP contribution in [0.5, 0.6) is 5.75 Å². The Hall–Kier alpha value is -2.25. The van der Waals surface area contributed by atoms with E-state index in [2.05, 4.69) is 10.3 Å². The molecule has 1 amide bonds. The van der Waals surface area contributed by atoms with Gasteiger partial charge in [-0.1, -0.05) is 17.4 Å². The highest BCUT2D eigenvalue weighted by atomic mass is 32.2. The largest absolute Gasteiger partial charge is 0.494 e. The summed E-state index contributed by atoms with van der Waals surface area (Å²) in [6.07, 6.45) is 1.60. The first-order chi connectivity index (χ1) is 11.1. The van der Waals surface area contributed by atoms with Crippen molar-refractivity contribution < 1.29 is 13.7 Å². The Morgan fingerprint density at radius 3 is 2.61 bits per heavy atom. The molecule has 23 heavy (non-hydrogen) atoms. The normalized spacial score (nSPS) is 12.1. The highest BCUT2D eigenvalue weighted by Crippen LogP contribution is 2.32. The lowest BCUT2D eigenvalue weighted by Crippen LogP contribution is -2.11. The number of aromatic nitrogens is 1.